The average Bonchev–Trinajstić information content (AvgIpc) is 3.04. The van der Waals surface area contributed by atoms with Gasteiger partial charge in [-0.3, -0.25) is 4.79 Å². The second-order valence-corrected chi connectivity index (χ2v) is 5.76. The Morgan fingerprint density at radius 2 is 2.32 bits per heavy atom. The molecule has 0 amide bonds. The van der Waals surface area contributed by atoms with Gasteiger partial charge in [0.15, 0.2) is 0 Å². The predicted octanol–water partition coefficient (Wildman–Crippen LogP) is 3.63. The molecule has 0 bridgehead atoms. The molecule has 19 heavy (non-hydrogen) atoms. The smallest absolute Gasteiger partial charge is 0.205 e. The van der Waals surface area contributed by atoms with Crippen molar-refractivity contribution in [3.8, 4) is 5.75 Å². The molecule has 0 aliphatic heterocycles. The van der Waals surface area contributed by atoms with Crippen molar-refractivity contribution in [3.05, 3.63) is 44.8 Å². The van der Waals surface area contributed by atoms with Crippen LogP contribution in [0.4, 0.5) is 0 Å². The molecule has 3 aromatic rings. The van der Waals surface area contributed by atoms with Crippen LogP contribution in [0.3, 0.4) is 0 Å². The molecule has 0 fully saturated rings. The Balaban J connectivity index is 2.08. The number of hydrogen-bond donors (Lipinski definition) is 1. The molecule has 96 valence electrons. The highest BCUT2D eigenvalue weighted by molar-refractivity contribution is 9.10. The number of nitrogens with zero attached hydrogens (tertiary/aromatic N) is 1. The zero-order chi connectivity index (χ0) is 13.4. The van der Waals surface area contributed by atoms with Gasteiger partial charge in [-0.15, -0.1) is 11.3 Å². The van der Waals surface area contributed by atoms with Crippen LogP contribution in [-0.2, 0) is 0 Å². The standard InChI is InChI=1S/C13H9BrN2O2S/c1-18-8-3-11(19-6-8)12(17)10-5-16-13-9(10)2-7(14)4-15-13/h2-6H,1H3,(H,15,16). The number of rotatable bonds is 3. The lowest BCUT2D eigenvalue weighted by Gasteiger charge is -1.96. The number of methoxy groups -OCH3 is 1. The highest BCUT2D eigenvalue weighted by Crippen LogP contribution is 2.27. The Morgan fingerprint density at radius 3 is 3.05 bits per heavy atom. The Morgan fingerprint density at radius 1 is 1.47 bits per heavy atom. The number of pyridine rings is 1. The maximum Gasteiger partial charge on any atom is 0.205 e. The molecule has 0 aliphatic rings. The monoisotopic (exact) mass is 336 g/mol. The Labute approximate surface area is 121 Å². The molecule has 3 rings (SSSR count). The van der Waals surface area contributed by atoms with E-state index in [4.69, 9.17) is 4.74 Å². The number of hydrogen-bond acceptors (Lipinski definition) is 4. The molecule has 0 saturated heterocycles. The third kappa shape index (κ3) is 2.17. The molecule has 6 heteroatoms. The quantitative estimate of drug-likeness (QED) is 0.743. The summed E-state index contributed by atoms with van der Waals surface area (Å²) >= 11 is 4.74. The van der Waals surface area contributed by atoms with Crippen LogP contribution in [0.2, 0.25) is 0 Å². The Kier molecular flexibility index (Phi) is 3.12. The second kappa shape index (κ2) is 4.79. The van der Waals surface area contributed by atoms with Gasteiger partial charge in [0.1, 0.15) is 11.4 Å². The number of halogens is 1. The molecule has 0 aliphatic carbocycles. The van der Waals surface area contributed by atoms with Gasteiger partial charge in [0.05, 0.1) is 17.6 Å². The second-order valence-electron chi connectivity index (χ2n) is 3.93. The molecule has 1 N–H and O–H groups in total. The average molecular weight is 337 g/mol. The number of carbonyl (C=O) groups excluding carboxylic acids is 1. The molecular formula is C13H9BrN2O2S. The van der Waals surface area contributed by atoms with Crippen LogP contribution in [0.15, 0.2) is 34.4 Å². The van der Waals surface area contributed by atoms with Gasteiger partial charge in [-0.2, -0.15) is 0 Å². The first-order valence-electron chi connectivity index (χ1n) is 5.49. The highest BCUT2D eigenvalue weighted by Gasteiger charge is 2.17. The molecule has 3 aromatic heterocycles. The van der Waals surface area contributed by atoms with E-state index in [0.717, 1.165) is 9.86 Å². The number of aromatic amines is 1. The van der Waals surface area contributed by atoms with Gasteiger partial charge in [0, 0.05) is 33.7 Å². The number of ether oxygens (including phenoxy) is 1. The summed E-state index contributed by atoms with van der Waals surface area (Å²) in [4.78, 5) is 20.3. The van der Waals surface area contributed by atoms with Crippen molar-refractivity contribution >= 4 is 44.1 Å². The number of carbonyl (C=O) groups is 1. The minimum Gasteiger partial charge on any atom is -0.496 e. The maximum atomic E-state index is 12.5. The number of aromatic nitrogens is 2. The number of H-pyrrole nitrogens is 1. The van der Waals surface area contributed by atoms with E-state index >= 15 is 0 Å². The van der Waals surface area contributed by atoms with E-state index in [1.165, 1.54) is 11.3 Å². The third-order valence-corrected chi connectivity index (χ3v) is 4.12. The van der Waals surface area contributed by atoms with Crippen molar-refractivity contribution < 1.29 is 9.53 Å². The predicted molar refractivity (Wildman–Crippen MR) is 78.1 cm³/mol. The lowest BCUT2D eigenvalue weighted by atomic mass is 10.1. The zero-order valence-corrected chi connectivity index (χ0v) is 12.3. The molecule has 0 spiro atoms. The van der Waals surface area contributed by atoms with E-state index in [2.05, 4.69) is 25.9 Å². The van der Waals surface area contributed by atoms with Crippen LogP contribution in [0.1, 0.15) is 15.2 Å². The lowest BCUT2D eigenvalue weighted by molar-refractivity contribution is 0.104. The van der Waals surface area contributed by atoms with Gasteiger partial charge < -0.3 is 9.72 Å². The van der Waals surface area contributed by atoms with Gasteiger partial charge >= 0.3 is 0 Å². The summed E-state index contributed by atoms with van der Waals surface area (Å²) in [5.74, 6) is 0.673. The molecular weight excluding hydrogens is 328 g/mol. The fourth-order valence-electron chi connectivity index (χ4n) is 1.84. The van der Waals surface area contributed by atoms with E-state index in [-0.39, 0.29) is 5.78 Å². The Bertz CT molecular complexity index is 763. The zero-order valence-electron chi connectivity index (χ0n) is 9.94. The van der Waals surface area contributed by atoms with Gasteiger partial charge in [-0.05, 0) is 22.0 Å². The number of nitrogens with one attached hydrogen (secondary N) is 1. The summed E-state index contributed by atoms with van der Waals surface area (Å²) in [6.45, 7) is 0. The number of fused-ring (bicyclic) bond motifs is 1. The molecule has 0 radical (unpaired) electrons. The van der Waals surface area contributed by atoms with E-state index in [9.17, 15) is 4.79 Å². The first-order valence-corrected chi connectivity index (χ1v) is 7.16. The molecule has 0 unspecified atom stereocenters. The van der Waals surface area contributed by atoms with E-state index in [0.29, 0.717) is 21.8 Å². The van der Waals surface area contributed by atoms with Crippen LogP contribution < -0.4 is 4.74 Å². The summed E-state index contributed by atoms with van der Waals surface area (Å²) in [6, 6.07) is 3.63. The lowest BCUT2D eigenvalue weighted by Crippen LogP contribution is -1.97. The van der Waals surface area contributed by atoms with Crippen molar-refractivity contribution in [3.63, 3.8) is 0 Å². The van der Waals surface area contributed by atoms with Crippen molar-refractivity contribution in [1.82, 2.24) is 9.97 Å². The number of ketones is 1. The van der Waals surface area contributed by atoms with Crippen LogP contribution in [0.25, 0.3) is 11.0 Å². The summed E-state index contributed by atoms with van der Waals surface area (Å²) in [7, 11) is 1.59. The fourth-order valence-corrected chi connectivity index (χ4v) is 2.98. The van der Waals surface area contributed by atoms with Crippen LogP contribution >= 0.6 is 27.3 Å². The molecule has 4 nitrogen and oxygen atoms in total. The van der Waals surface area contributed by atoms with Crippen LogP contribution in [0.5, 0.6) is 5.75 Å². The largest absolute Gasteiger partial charge is 0.496 e. The normalized spacial score (nSPS) is 10.8. The first-order chi connectivity index (χ1) is 9.19. The van der Waals surface area contributed by atoms with Gasteiger partial charge in [-0.25, -0.2) is 4.98 Å². The molecule has 0 aromatic carbocycles. The fraction of sp³-hybridized carbons (Fsp3) is 0.0769. The van der Waals surface area contributed by atoms with Crippen molar-refractivity contribution in [2.24, 2.45) is 0 Å². The van der Waals surface area contributed by atoms with E-state index in [1.54, 1.807) is 25.6 Å². The topological polar surface area (TPSA) is 55.0 Å². The van der Waals surface area contributed by atoms with Gasteiger partial charge in [0.25, 0.3) is 0 Å². The summed E-state index contributed by atoms with van der Waals surface area (Å²) in [5.41, 5.74) is 1.32. The van der Waals surface area contributed by atoms with Crippen molar-refractivity contribution in [2.75, 3.05) is 7.11 Å². The minimum atomic E-state index is -0.0283. The number of thiophene rings is 1. The summed E-state index contributed by atoms with van der Waals surface area (Å²) in [5, 5.41) is 2.63. The Hall–Kier alpha value is -1.66. The maximum absolute atomic E-state index is 12.5. The van der Waals surface area contributed by atoms with Gasteiger partial charge in [0.2, 0.25) is 5.78 Å². The molecule has 3 heterocycles. The summed E-state index contributed by atoms with van der Waals surface area (Å²) < 4.78 is 5.94. The SMILES string of the molecule is COc1csc(C(=O)c2c[nH]c3ncc(Br)cc23)c1. The van der Waals surface area contributed by atoms with Crippen molar-refractivity contribution in [1.29, 1.82) is 0 Å². The first kappa shape index (κ1) is 12.4. The van der Waals surface area contributed by atoms with E-state index < -0.39 is 0 Å². The van der Waals surface area contributed by atoms with Crippen LogP contribution in [0, 0.1) is 0 Å². The molecule has 0 saturated carbocycles. The van der Waals surface area contributed by atoms with E-state index in [1.807, 2.05) is 11.4 Å². The van der Waals surface area contributed by atoms with Crippen LogP contribution in [-0.4, -0.2) is 22.9 Å². The minimum absolute atomic E-state index is 0.0283. The molecule has 0 atom stereocenters. The van der Waals surface area contributed by atoms with Crippen molar-refractivity contribution in [2.45, 2.75) is 0 Å². The highest BCUT2D eigenvalue weighted by atomic mass is 79.9. The third-order valence-electron chi connectivity index (χ3n) is 2.78. The van der Waals surface area contributed by atoms with Gasteiger partial charge in [-0.1, -0.05) is 0 Å². The summed E-state index contributed by atoms with van der Waals surface area (Å²) in [6.07, 6.45) is 3.39.